The van der Waals surface area contributed by atoms with E-state index in [0.29, 0.717) is 12.8 Å². The van der Waals surface area contributed by atoms with Crippen LogP contribution < -0.4 is 5.73 Å². The molecule has 1 fully saturated rings. The summed E-state index contributed by atoms with van der Waals surface area (Å²) in [5.74, 6) is 2.08. The van der Waals surface area contributed by atoms with E-state index in [0.717, 1.165) is 0 Å². The molecule has 6 nitrogen and oxygen atoms in total. The Kier molecular flexibility index (Phi) is 3.68. The first kappa shape index (κ1) is 15.0. The Labute approximate surface area is 131 Å². The van der Waals surface area contributed by atoms with Crippen molar-refractivity contribution in [1.29, 1.82) is 0 Å². The number of ether oxygens (including phenoxy) is 2. The molecular formula is C14H14ClFN4O2. The Morgan fingerprint density at radius 2 is 2.45 bits per heavy atom. The molecule has 22 heavy (non-hydrogen) atoms. The lowest BCUT2D eigenvalue weighted by Crippen LogP contribution is -2.32. The van der Waals surface area contributed by atoms with Crippen molar-refractivity contribution in [1.82, 2.24) is 14.5 Å². The Bertz CT molecular complexity index is 772. The molecule has 2 aromatic heterocycles. The predicted octanol–water partition coefficient (Wildman–Crippen LogP) is 2.13. The fourth-order valence-electron chi connectivity index (χ4n) is 2.74. The molecule has 2 N–H and O–H groups in total. The smallest absolute Gasteiger partial charge is 0.226 e. The Morgan fingerprint density at radius 1 is 1.68 bits per heavy atom. The first-order chi connectivity index (χ1) is 10.5. The fraction of sp³-hybridized carbons (Fsp3) is 0.429. The lowest BCUT2D eigenvalue weighted by molar-refractivity contribution is -0.0702. The van der Waals surface area contributed by atoms with Crippen molar-refractivity contribution in [2.45, 2.75) is 24.7 Å². The van der Waals surface area contributed by atoms with Gasteiger partial charge in [0.15, 0.2) is 17.1 Å². The largest absolute Gasteiger partial charge is 0.383 e. The number of aromatic nitrogens is 3. The van der Waals surface area contributed by atoms with E-state index in [1.165, 1.54) is 6.20 Å². The van der Waals surface area contributed by atoms with Crippen LogP contribution in [0.5, 0.6) is 0 Å². The highest BCUT2D eigenvalue weighted by molar-refractivity contribution is 6.28. The van der Waals surface area contributed by atoms with Crippen LogP contribution >= 0.6 is 11.6 Å². The number of anilines is 1. The molecule has 1 aliphatic heterocycles. The molecule has 2 aromatic rings. The summed E-state index contributed by atoms with van der Waals surface area (Å²) >= 11 is 5.81. The predicted molar refractivity (Wildman–Crippen MR) is 79.7 cm³/mol. The van der Waals surface area contributed by atoms with Crippen molar-refractivity contribution in [2.75, 3.05) is 19.5 Å². The molecular weight excluding hydrogens is 311 g/mol. The topological polar surface area (TPSA) is 75.2 Å². The van der Waals surface area contributed by atoms with Gasteiger partial charge in [-0.2, -0.15) is 4.98 Å². The van der Waals surface area contributed by atoms with E-state index >= 15 is 0 Å². The third-order valence-corrected chi connectivity index (χ3v) is 3.90. The van der Waals surface area contributed by atoms with Crippen molar-refractivity contribution in [3.63, 3.8) is 0 Å². The number of terminal acetylenes is 1. The molecule has 8 heteroatoms. The van der Waals surface area contributed by atoms with E-state index in [4.69, 9.17) is 33.2 Å². The molecule has 3 heterocycles. The number of rotatable bonds is 3. The van der Waals surface area contributed by atoms with Crippen molar-refractivity contribution >= 4 is 28.5 Å². The van der Waals surface area contributed by atoms with Gasteiger partial charge in [0.05, 0.1) is 12.0 Å². The van der Waals surface area contributed by atoms with Gasteiger partial charge in [-0.3, -0.25) is 0 Å². The molecule has 0 amide bonds. The summed E-state index contributed by atoms with van der Waals surface area (Å²) in [7, 11) is 1.55. The highest BCUT2D eigenvalue weighted by Crippen LogP contribution is 2.39. The molecule has 0 aliphatic carbocycles. The summed E-state index contributed by atoms with van der Waals surface area (Å²) in [5, 5.41) is 0.0698. The van der Waals surface area contributed by atoms with Crippen LogP contribution in [-0.4, -0.2) is 33.9 Å². The lowest BCUT2D eigenvalue weighted by Gasteiger charge is -2.23. The Balaban J connectivity index is 2.04. The van der Waals surface area contributed by atoms with Gasteiger partial charge in [0.1, 0.15) is 12.0 Å². The molecule has 3 rings (SSSR count). The van der Waals surface area contributed by atoms with Crippen LogP contribution in [0.15, 0.2) is 6.20 Å². The molecule has 2 atom stereocenters. The van der Waals surface area contributed by atoms with E-state index in [1.807, 2.05) is 0 Å². The summed E-state index contributed by atoms with van der Waals surface area (Å²) in [6, 6.07) is 0. The third-order valence-electron chi connectivity index (χ3n) is 3.73. The van der Waals surface area contributed by atoms with Crippen LogP contribution in [0.2, 0.25) is 5.28 Å². The van der Waals surface area contributed by atoms with Gasteiger partial charge < -0.3 is 19.8 Å². The quantitative estimate of drug-likeness (QED) is 0.691. The van der Waals surface area contributed by atoms with Gasteiger partial charge in [0.25, 0.3) is 0 Å². The van der Waals surface area contributed by atoms with Crippen LogP contribution in [0.1, 0.15) is 19.1 Å². The molecule has 116 valence electrons. The van der Waals surface area contributed by atoms with Gasteiger partial charge in [-0.15, -0.1) is 6.42 Å². The minimum Gasteiger partial charge on any atom is -0.383 e. The summed E-state index contributed by atoms with van der Waals surface area (Å²) in [4.78, 5) is 7.82. The SMILES string of the molecule is C#C[C@@]1(COC)CC[C@H](n2cc(F)c3c(N)nc(Cl)nc32)O1. The second kappa shape index (κ2) is 5.39. The third kappa shape index (κ3) is 2.29. The van der Waals surface area contributed by atoms with E-state index in [1.54, 1.807) is 11.7 Å². The lowest BCUT2D eigenvalue weighted by atomic mass is 10.0. The summed E-state index contributed by atoms with van der Waals surface area (Å²) in [6.07, 6.45) is 7.55. The minimum absolute atomic E-state index is 0.00986. The highest BCUT2D eigenvalue weighted by Gasteiger charge is 2.40. The zero-order chi connectivity index (χ0) is 15.9. The van der Waals surface area contributed by atoms with Crippen LogP contribution in [0.25, 0.3) is 11.0 Å². The summed E-state index contributed by atoms with van der Waals surface area (Å²) in [6.45, 7) is 0.263. The monoisotopic (exact) mass is 324 g/mol. The van der Waals surface area contributed by atoms with Crippen LogP contribution in [0.4, 0.5) is 10.2 Å². The molecule has 0 bridgehead atoms. The van der Waals surface area contributed by atoms with E-state index in [9.17, 15) is 4.39 Å². The van der Waals surface area contributed by atoms with Crippen molar-refractivity contribution in [3.8, 4) is 12.3 Å². The zero-order valence-electron chi connectivity index (χ0n) is 11.8. The van der Waals surface area contributed by atoms with Crippen molar-refractivity contribution in [2.24, 2.45) is 0 Å². The average Bonchev–Trinajstić information content (AvgIpc) is 3.02. The number of hydrogen-bond acceptors (Lipinski definition) is 5. The maximum atomic E-state index is 14.1. The van der Waals surface area contributed by atoms with Crippen molar-refractivity contribution < 1.29 is 13.9 Å². The van der Waals surface area contributed by atoms with Crippen LogP contribution in [-0.2, 0) is 9.47 Å². The summed E-state index contributed by atoms with van der Waals surface area (Å²) < 4.78 is 26.7. The number of nitrogen functional groups attached to an aromatic ring is 1. The molecule has 0 aromatic carbocycles. The maximum absolute atomic E-state index is 14.1. The van der Waals surface area contributed by atoms with E-state index in [-0.39, 0.29) is 28.7 Å². The molecule has 1 saturated heterocycles. The van der Waals surface area contributed by atoms with Crippen LogP contribution in [0, 0.1) is 18.2 Å². The van der Waals surface area contributed by atoms with Gasteiger partial charge >= 0.3 is 0 Å². The standard InChI is InChI=1S/C14H14ClFN4O2/c1-3-14(7-21-2)5-4-9(22-14)20-6-8(16)10-11(17)18-13(15)19-12(10)20/h1,6,9H,4-5,7H2,2H3,(H2,17,18,19)/t9-,14+/m1/s1. The van der Waals surface area contributed by atoms with Crippen molar-refractivity contribution in [3.05, 3.63) is 17.3 Å². The fourth-order valence-corrected chi connectivity index (χ4v) is 2.91. The molecule has 0 saturated carbocycles. The number of nitrogens with zero attached hydrogens (tertiary/aromatic N) is 3. The Morgan fingerprint density at radius 3 is 3.14 bits per heavy atom. The summed E-state index contributed by atoms with van der Waals surface area (Å²) in [5.41, 5.74) is 5.17. The number of halogens is 2. The maximum Gasteiger partial charge on any atom is 0.226 e. The van der Waals surface area contributed by atoms with Gasteiger partial charge in [0, 0.05) is 13.3 Å². The van der Waals surface area contributed by atoms with E-state index in [2.05, 4.69) is 15.9 Å². The first-order valence-electron chi connectivity index (χ1n) is 6.63. The first-order valence-corrected chi connectivity index (χ1v) is 7.01. The van der Waals surface area contributed by atoms with Gasteiger partial charge in [0.2, 0.25) is 5.28 Å². The molecule has 0 radical (unpaired) electrons. The second-order valence-corrected chi connectivity index (χ2v) is 5.48. The normalized spacial score (nSPS) is 24.7. The number of methoxy groups -OCH3 is 1. The second-order valence-electron chi connectivity index (χ2n) is 5.14. The van der Waals surface area contributed by atoms with Crippen LogP contribution in [0.3, 0.4) is 0 Å². The van der Waals surface area contributed by atoms with Gasteiger partial charge in [-0.1, -0.05) is 5.92 Å². The number of fused-ring (bicyclic) bond motifs is 1. The highest BCUT2D eigenvalue weighted by atomic mass is 35.5. The number of hydrogen-bond donors (Lipinski definition) is 1. The minimum atomic E-state index is -0.825. The average molecular weight is 325 g/mol. The van der Waals surface area contributed by atoms with Gasteiger partial charge in [-0.05, 0) is 24.4 Å². The van der Waals surface area contributed by atoms with Gasteiger partial charge in [-0.25, -0.2) is 9.37 Å². The molecule has 1 aliphatic rings. The Hall–Kier alpha value is -1.88. The van der Waals surface area contributed by atoms with E-state index < -0.39 is 17.6 Å². The molecule has 0 spiro atoms. The number of nitrogens with two attached hydrogens (primary N) is 1. The molecule has 0 unspecified atom stereocenters. The zero-order valence-corrected chi connectivity index (χ0v) is 12.6.